The van der Waals surface area contributed by atoms with Gasteiger partial charge in [-0.15, -0.1) is 0 Å². The van der Waals surface area contributed by atoms with E-state index in [1.165, 1.54) is 25.7 Å². The van der Waals surface area contributed by atoms with Gasteiger partial charge in [-0.25, -0.2) is 9.97 Å². The second-order valence-electron chi connectivity index (χ2n) is 5.72. The second kappa shape index (κ2) is 5.31. The molecule has 0 aliphatic heterocycles. The molecule has 2 aromatic rings. The summed E-state index contributed by atoms with van der Waals surface area (Å²) in [4.78, 5) is 9.05. The molecule has 0 saturated heterocycles. The van der Waals surface area contributed by atoms with E-state index in [1.807, 2.05) is 23.0 Å². The van der Waals surface area contributed by atoms with Crippen molar-refractivity contribution < 1.29 is 0 Å². The zero-order chi connectivity index (χ0) is 14.0. The van der Waals surface area contributed by atoms with Crippen molar-refractivity contribution in [2.24, 2.45) is 5.41 Å². The molecule has 1 aliphatic rings. The molecular formula is C15H23N5. The van der Waals surface area contributed by atoms with Crippen LogP contribution in [0.3, 0.4) is 0 Å². The van der Waals surface area contributed by atoms with E-state index in [0.29, 0.717) is 5.41 Å². The van der Waals surface area contributed by atoms with E-state index in [9.17, 15) is 0 Å². The van der Waals surface area contributed by atoms with E-state index in [1.54, 1.807) is 0 Å². The van der Waals surface area contributed by atoms with Crippen molar-refractivity contribution in [1.82, 2.24) is 14.4 Å². The first-order chi connectivity index (χ1) is 9.76. The van der Waals surface area contributed by atoms with Gasteiger partial charge >= 0.3 is 0 Å². The van der Waals surface area contributed by atoms with Gasteiger partial charge in [0.15, 0.2) is 11.5 Å². The molecule has 2 heterocycles. The number of fused-ring (bicyclic) bond motifs is 1. The number of imidazole rings is 1. The largest absolute Gasteiger partial charge is 0.369 e. The standard InChI is InChI=1S/C15H23N5/c1-3-15(6-5-7-15)11-18-13-14-17-8-9-20(14)10-12(19-13)16-4-2/h8-10,16H,3-7,11H2,1-2H3,(H,18,19). The van der Waals surface area contributed by atoms with Gasteiger partial charge < -0.3 is 15.0 Å². The summed E-state index contributed by atoms with van der Waals surface area (Å²) >= 11 is 0. The molecule has 0 aromatic carbocycles. The molecule has 0 spiro atoms. The van der Waals surface area contributed by atoms with Crippen LogP contribution in [-0.4, -0.2) is 27.5 Å². The Morgan fingerprint density at radius 2 is 2.15 bits per heavy atom. The van der Waals surface area contributed by atoms with Crippen LogP contribution in [-0.2, 0) is 0 Å². The number of rotatable bonds is 6. The van der Waals surface area contributed by atoms with Gasteiger partial charge in [-0.2, -0.15) is 0 Å². The van der Waals surface area contributed by atoms with E-state index < -0.39 is 0 Å². The first-order valence-corrected chi connectivity index (χ1v) is 7.58. The minimum absolute atomic E-state index is 0.472. The summed E-state index contributed by atoms with van der Waals surface area (Å²) in [5.41, 5.74) is 1.37. The number of nitrogens with one attached hydrogen (secondary N) is 2. The van der Waals surface area contributed by atoms with Crippen molar-refractivity contribution in [3.63, 3.8) is 0 Å². The van der Waals surface area contributed by atoms with Crippen molar-refractivity contribution in [2.75, 3.05) is 23.7 Å². The van der Waals surface area contributed by atoms with Crippen LogP contribution in [0.2, 0.25) is 0 Å². The Balaban J connectivity index is 1.83. The van der Waals surface area contributed by atoms with Crippen molar-refractivity contribution in [1.29, 1.82) is 0 Å². The van der Waals surface area contributed by atoms with Gasteiger partial charge in [0, 0.05) is 25.5 Å². The summed E-state index contributed by atoms with van der Waals surface area (Å²) in [5.74, 6) is 1.77. The molecule has 1 aliphatic carbocycles. The zero-order valence-corrected chi connectivity index (χ0v) is 12.3. The van der Waals surface area contributed by atoms with Gasteiger partial charge in [-0.05, 0) is 31.6 Å². The molecular weight excluding hydrogens is 250 g/mol. The normalized spacial score (nSPS) is 16.9. The number of hydrogen-bond donors (Lipinski definition) is 2. The Morgan fingerprint density at radius 1 is 1.30 bits per heavy atom. The minimum Gasteiger partial charge on any atom is -0.369 e. The van der Waals surface area contributed by atoms with E-state index in [0.717, 1.165) is 30.4 Å². The van der Waals surface area contributed by atoms with Crippen LogP contribution < -0.4 is 10.6 Å². The molecule has 5 nitrogen and oxygen atoms in total. The fourth-order valence-corrected chi connectivity index (χ4v) is 2.92. The maximum Gasteiger partial charge on any atom is 0.180 e. The molecule has 0 atom stereocenters. The van der Waals surface area contributed by atoms with Crippen molar-refractivity contribution in [2.45, 2.75) is 39.5 Å². The number of aromatic nitrogens is 3. The van der Waals surface area contributed by atoms with Crippen molar-refractivity contribution in [3.05, 3.63) is 18.6 Å². The van der Waals surface area contributed by atoms with Gasteiger partial charge in [0.2, 0.25) is 0 Å². The van der Waals surface area contributed by atoms with Crippen LogP contribution in [0.25, 0.3) is 5.65 Å². The lowest BCUT2D eigenvalue weighted by atomic mass is 9.67. The SMILES string of the molecule is CCNc1cn2ccnc2c(NCC2(CC)CCC2)n1. The molecule has 108 valence electrons. The summed E-state index contributed by atoms with van der Waals surface area (Å²) < 4.78 is 2.02. The van der Waals surface area contributed by atoms with Crippen LogP contribution in [0.15, 0.2) is 18.6 Å². The summed E-state index contributed by atoms with van der Waals surface area (Å²) in [6.45, 7) is 6.22. The third-order valence-electron chi connectivity index (χ3n) is 4.53. The molecule has 2 N–H and O–H groups in total. The van der Waals surface area contributed by atoms with Crippen LogP contribution >= 0.6 is 0 Å². The average Bonchev–Trinajstić information content (AvgIpc) is 2.86. The monoisotopic (exact) mass is 273 g/mol. The topological polar surface area (TPSA) is 54.2 Å². The number of nitrogens with zero attached hydrogens (tertiary/aromatic N) is 3. The predicted octanol–water partition coefficient (Wildman–Crippen LogP) is 3.15. The quantitative estimate of drug-likeness (QED) is 0.849. The van der Waals surface area contributed by atoms with Crippen molar-refractivity contribution >= 4 is 17.3 Å². The fraction of sp³-hybridized carbons (Fsp3) is 0.600. The third-order valence-corrected chi connectivity index (χ3v) is 4.53. The Labute approximate surface area is 119 Å². The first kappa shape index (κ1) is 13.2. The first-order valence-electron chi connectivity index (χ1n) is 7.58. The molecule has 20 heavy (non-hydrogen) atoms. The molecule has 0 amide bonds. The molecule has 5 heteroatoms. The second-order valence-corrected chi connectivity index (χ2v) is 5.72. The molecule has 0 unspecified atom stereocenters. The lowest BCUT2D eigenvalue weighted by Crippen LogP contribution is -2.36. The predicted molar refractivity (Wildman–Crippen MR) is 82.2 cm³/mol. The van der Waals surface area contributed by atoms with Gasteiger partial charge in [0.25, 0.3) is 0 Å². The summed E-state index contributed by atoms with van der Waals surface area (Å²) in [7, 11) is 0. The highest BCUT2D eigenvalue weighted by Crippen LogP contribution is 2.43. The molecule has 1 fully saturated rings. The van der Waals surface area contributed by atoms with Crippen LogP contribution in [0.4, 0.5) is 11.6 Å². The third kappa shape index (κ3) is 2.32. The Hall–Kier alpha value is -1.78. The maximum absolute atomic E-state index is 4.65. The molecule has 2 aromatic heterocycles. The van der Waals surface area contributed by atoms with E-state index in [-0.39, 0.29) is 0 Å². The summed E-state index contributed by atoms with van der Waals surface area (Å²) in [6.07, 6.45) is 11.0. The summed E-state index contributed by atoms with van der Waals surface area (Å²) in [5, 5.41) is 6.80. The van der Waals surface area contributed by atoms with Gasteiger partial charge in [0.1, 0.15) is 5.82 Å². The summed E-state index contributed by atoms with van der Waals surface area (Å²) in [6, 6.07) is 0. The number of anilines is 2. The highest BCUT2D eigenvalue weighted by molar-refractivity contribution is 5.65. The van der Waals surface area contributed by atoms with Crippen LogP contribution in [0.1, 0.15) is 39.5 Å². The molecule has 0 radical (unpaired) electrons. The minimum atomic E-state index is 0.472. The molecule has 1 saturated carbocycles. The van der Waals surface area contributed by atoms with Crippen molar-refractivity contribution in [3.8, 4) is 0 Å². The zero-order valence-electron chi connectivity index (χ0n) is 12.3. The van der Waals surface area contributed by atoms with E-state index in [4.69, 9.17) is 0 Å². The average molecular weight is 273 g/mol. The Morgan fingerprint density at radius 3 is 2.80 bits per heavy atom. The van der Waals surface area contributed by atoms with E-state index in [2.05, 4.69) is 34.4 Å². The van der Waals surface area contributed by atoms with Gasteiger partial charge in [-0.3, -0.25) is 0 Å². The van der Waals surface area contributed by atoms with Crippen LogP contribution in [0, 0.1) is 5.41 Å². The lowest BCUT2D eigenvalue weighted by Gasteiger charge is -2.41. The molecule has 3 rings (SSSR count). The number of hydrogen-bond acceptors (Lipinski definition) is 4. The van der Waals surface area contributed by atoms with Gasteiger partial charge in [0.05, 0.1) is 6.20 Å². The lowest BCUT2D eigenvalue weighted by molar-refractivity contribution is 0.145. The maximum atomic E-state index is 4.65. The fourth-order valence-electron chi connectivity index (χ4n) is 2.92. The smallest absolute Gasteiger partial charge is 0.180 e. The Bertz CT molecular complexity index is 579. The highest BCUT2D eigenvalue weighted by atomic mass is 15.1. The Kier molecular flexibility index (Phi) is 3.51. The molecule has 0 bridgehead atoms. The van der Waals surface area contributed by atoms with E-state index >= 15 is 0 Å². The highest BCUT2D eigenvalue weighted by Gasteiger charge is 2.34. The van der Waals surface area contributed by atoms with Crippen LogP contribution in [0.5, 0.6) is 0 Å². The van der Waals surface area contributed by atoms with Gasteiger partial charge in [-0.1, -0.05) is 13.3 Å².